The number of para-hydroxylation sites is 2. The molecule has 176 valence electrons. The maximum absolute atomic E-state index is 12.0. The fourth-order valence-electron chi connectivity index (χ4n) is 3.81. The van der Waals surface area contributed by atoms with Crippen LogP contribution >= 0.6 is 23.2 Å². The number of rotatable bonds is 10. The molecule has 3 aromatic carbocycles. The van der Waals surface area contributed by atoms with Crippen molar-refractivity contribution in [3.63, 3.8) is 0 Å². The van der Waals surface area contributed by atoms with E-state index in [-0.39, 0.29) is 13.2 Å². The van der Waals surface area contributed by atoms with Crippen LogP contribution in [0.4, 0.5) is 0 Å². The highest BCUT2D eigenvalue weighted by Crippen LogP contribution is 2.33. The molecule has 0 spiro atoms. The van der Waals surface area contributed by atoms with Gasteiger partial charge in [0.15, 0.2) is 11.5 Å². The molecule has 0 radical (unpaired) electrons. The lowest BCUT2D eigenvalue weighted by Crippen LogP contribution is -2.38. The molecule has 0 saturated heterocycles. The second-order valence-corrected chi connectivity index (χ2v) is 8.65. The Hall–Kier alpha value is -3.19. The molecule has 4 aromatic rings. The summed E-state index contributed by atoms with van der Waals surface area (Å²) in [4.78, 5) is 15.2. The van der Waals surface area contributed by atoms with Gasteiger partial charge in [-0.1, -0.05) is 59.6 Å². The highest BCUT2D eigenvalue weighted by Gasteiger charge is 2.21. The molecule has 4 rings (SSSR count). The number of ether oxygens (including phenoxy) is 2. The van der Waals surface area contributed by atoms with Gasteiger partial charge in [0.25, 0.3) is 0 Å². The van der Waals surface area contributed by atoms with Crippen LogP contribution in [0.5, 0.6) is 11.5 Å². The molecule has 3 N–H and O–H groups in total. The molecule has 0 aliphatic carbocycles. The molecule has 34 heavy (non-hydrogen) atoms. The van der Waals surface area contributed by atoms with Crippen molar-refractivity contribution in [1.29, 1.82) is 0 Å². The van der Waals surface area contributed by atoms with E-state index in [1.54, 1.807) is 31.4 Å². The molecule has 0 bridgehead atoms. The summed E-state index contributed by atoms with van der Waals surface area (Å²) in [7, 11) is 1.56. The monoisotopic (exact) mass is 498 g/mol. The first kappa shape index (κ1) is 24.0. The largest absolute Gasteiger partial charge is 0.493 e. The zero-order chi connectivity index (χ0) is 24.1. The van der Waals surface area contributed by atoms with Crippen molar-refractivity contribution in [3.8, 4) is 11.5 Å². The first-order valence-electron chi connectivity index (χ1n) is 10.7. The number of benzene rings is 3. The summed E-state index contributed by atoms with van der Waals surface area (Å²) >= 11 is 12.3. The van der Waals surface area contributed by atoms with E-state index in [9.17, 15) is 9.90 Å². The number of halogens is 2. The zero-order valence-corrected chi connectivity index (χ0v) is 20.0. The van der Waals surface area contributed by atoms with Crippen LogP contribution in [0, 0.1) is 0 Å². The van der Waals surface area contributed by atoms with E-state index in [0.29, 0.717) is 28.0 Å². The summed E-state index contributed by atoms with van der Waals surface area (Å²) in [5.41, 5.74) is 3.47. The van der Waals surface area contributed by atoms with Gasteiger partial charge < -0.3 is 19.6 Å². The summed E-state index contributed by atoms with van der Waals surface area (Å²) in [6, 6.07) is 17.8. The van der Waals surface area contributed by atoms with Crippen LogP contribution in [-0.2, 0) is 24.4 Å². The van der Waals surface area contributed by atoms with E-state index < -0.39 is 12.0 Å². The SMILES string of the molecule is COc1cccc(CN[C@H](Cc2c[nH]c3ccccc23)C(=O)O)c1OCc1ccc(Cl)cc1Cl. The van der Waals surface area contributed by atoms with Crippen LogP contribution in [-0.4, -0.2) is 29.2 Å². The number of aromatic nitrogens is 1. The maximum Gasteiger partial charge on any atom is 0.321 e. The zero-order valence-electron chi connectivity index (χ0n) is 18.5. The average Bonchev–Trinajstić information content (AvgIpc) is 3.24. The molecule has 1 heterocycles. The van der Waals surface area contributed by atoms with Gasteiger partial charge in [-0.05, 0) is 29.8 Å². The van der Waals surface area contributed by atoms with E-state index in [0.717, 1.165) is 27.6 Å². The van der Waals surface area contributed by atoms with E-state index in [2.05, 4.69) is 10.3 Å². The number of aromatic amines is 1. The number of carboxylic acid groups (broad SMARTS) is 1. The van der Waals surface area contributed by atoms with Crippen molar-refractivity contribution in [3.05, 3.63) is 93.6 Å². The standard InChI is InChI=1S/C26H24Cl2N2O4/c1-33-24-8-4-5-16(25(24)34-15-17-9-10-19(27)12-21(17)28)13-30-23(26(31)32)11-18-14-29-22-7-3-2-6-20(18)22/h2-10,12,14,23,29-30H,11,13,15H2,1H3,(H,31,32)/t23-/m1/s1. The minimum Gasteiger partial charge on any atom is -0.493 e. The van der Waals surface area contributed by atoms with Gasteiger partial charge >= 0.3 is 5.97 Å². The Morgan fingerprint density at radius 1 is 1.06 bits per heavy atom. The quantitative estimate of drug-likeness (QED) is 0.255. The molecule has 0 saturated carbocycles. The van der Waals surface area contributed by atoms with Gasteiger partial charge in [0.1, 0.15) is 12.6 Å². The summed E-state index contributed by atoms with van der Waals surface area (Å²) in [6.45, 7) is 0.487. The third kappa shape index (κ3) is 5.47. The summed E-state index contributed by atoms with van der Waals surface area (Å²) in [5.74, 6) is 0.149. The van der Waals surface area contributed by atoms with Crippen LogP contribution in [0.2, 0.25) is 10.0 Å². The lowest BCUT2D eigenvalue weighted by atomic mass is 10.0. The van der Waals surface area contributed by atoms with Gasteiger partial charge in [-0.15, -0.1) is 0 Å². The summed E-state index contributed by atoms with van der Waals surface area (Å²) < 4.78 is 11.6. The highest BCUT2D eigenvalue weighted by atomic mass is 35.5. The van der Waals surface area contributed by atoms with E-state index >= 15 is 0 Å². The Kier molecular flexibility index (Phi) is 7.63. The van der Waals surface area contributed by atoms with Crippen LogP contribution in [0.25, 0.3) is 10.9 Å². The van der Waals surface area contributed by atoms with Crippen molar-refractivity contribution in [2.24, 2.45) is 0 Å². The van der Waals surface area contributed by atoms with Crippen molar-refractivity contribution in [1.82, 2.24) is 10.3 Å². The molecular formula is C26H24Cl2N2O4. The molecular weight excluding hydrogens is 475 g/mol. The van der Waals surface area contributed by atoms with Gasteiger partial charge in [0.05, 0.1) is 7.11 Å². The van der Waals surface area contributed by atoms with E-state index in [4.69, 9.17) is 32.7 Å². The number of carbonyl (C=O) groups is 1. The fraction of sp³-hybridized carbons (Fsp3) is 0.192. The van der Waals surface area contributed by atoms with Crippen LogP contribution in [0.3, 0.4) is 0 Å². The number of H-pyrrole nitrogens is 1. The molecule has 1 atom stereocenters. The van der Waals surface area contributed by atoms with Crippen LogP contribution in [0.1, 0.15) is 16.7 Å². The van der Waals surface area contributed by atoms with Crippen molar-refractivity contribution >= 4 is 40.1 Å². The second kappa shape index (κ2) is 10.8. The first-order valence-corrected chi connectivity index (χ1v) is 11.5. The number of methoxy groups -OCH3 is 1. The number of nitrogens with one attached hydrogen (secondary N) is 2. The molecule has 0 aliphatic rings. The smallest absolute Gasteiger partial charge is 0.321 e. The minimum absolute atomic E-state index is 0.209. The Bertz CT molecular complexity index is 1310. The molecule has 8 heteroatoms. The maximum atomic E-state index is 12.0. The van der Waals surface area contributed by atoms with Crippen molar-refractivity contribution < 1.29 is 19.4 Å². The molecule has 6 nitrogen and oxygen atoms in total. The summed E-state index contributed by atoms with van der Waals surface area (Å²) in [5, 5.41) is 15.1. The Morgan fingerprint density at radius 2 is 1.88 bits per heavy atom. The van der Waals surface area contributed by atoms with E-state index in [1.807, 2.05) is 42.6 Å². The van der Waals surface area contributed by atoms with Gasteiger partial charge in [-0.3, -0.25) is 10.1 Å². The van der Waals surface area contributed by atoms with Gasteiger partial charge in [-0.2, -0.15) is 0 Å². The number of hydrogen-bond donors (Lipinski definition) is 3. The molecule has 0 unspecified atom stereocenters. The minimum atomic E-state index is -0.927. The first-order chi connectivity index (χ1) is 16.5. The second-order valence-electron chi connectivity index (χ2n) is 7.81. The lowest BCUT2D eigenvalue weighted by Gasteiger charge is -2.18. The van der Waals surface area contributed by atoms with Gasteiger partial charge in [-0.25, -0.2) is 0 Å². The summed E-state index contributed by atoms with van der Waals surface area (Å²) in [6.07, 6.45) is 2.19. The Labute approximate surface area is 207 Å². The van der Waals surface area contributed by atoms with Crippen molar-refractivity contribution in [2.45, 2.75) is 25.6 Å². The molecule has 0 fully saturated rings. The van der Waals surface area contributed by atoms with Gasteiger partial charge in [0.2, 0.25) is 0 Å². The topological polar surface area (TPSA) is 83.6 Å². The third-order valence-electron chi connectivity index (χ3n) is 5.60. The number of carboxylic acids is 1. The van der Waals surface area contributed by atoms with Crippen LogP contribution in [0.15, 0.2) is 66.9 Å². The van der Waals surface area contributed by atoms with Gasteiger partial charge in [0, 0.05) is 51.2 Å². The number of fused-ring (bicyclic) bond motifs is 1. The Balaban J connectivity index is 1.51. The predicted molar refractivity (Wildman–Crippen MR) is 134 cm³/mol. The highest BCUT2D eigenvalue weighted by molar-refractivity contribution is 6.35. The molecule has 0 amide bonds. The Morgan fingerprint density at radius 3 is 2.65 bits per heavy atom. The van der Waals surface area contributed by atoms with Crippen molar-refractivity contribution in [2.75, 3.05) is 7.11 Å². The number of aliphatic carboxylic acids is 1. The average molecular weight is 499 g/mol. The van der Waals surface area contributed by atoms with E-state index in [1.165, 1.54) is 0 Å². The van der Waals surface area contributed by atoms with Crippen LogP contribution < -0.4 is 14.8 Å². The molecule has 0 aliphatic heterocycles. The normalized spacial score (nSPS) is 12.0. The predicted octanol–water partition coefficient (Wildman–Crippen LogP) is 5.85. The fourth-order valence-corrected chi connectivity index (χ4v) is 4.28. The molecule has 1 aromatic heterocycles. The lowest BCUT2D eigenvalue weighted by molar-refractivity contribution is -0.139. The third-order valence-corrected chi connectivity index (χ3v) is 6.19. The number of hydrogen-bond acceptors (Lipinski definition) is 4.